The molecule has 0 spiro atoms. The van der Waals surface area contributed by atoms with Crippen molar-refractivity contribution in [3.63, 3.8) is 0 Å². The van der Waals surface area contributed by atoms with Gasteiger partial charge in [-0.1, -0.05) is 66.6 Å². The van der Waals surface area contributed by atoms with E-state index in [1.165, 1.54) is 23.1 Å². The minimum Gasteiger partial charge on any atom is -0.102 e. The topological polar surface area (TPSA) is 0 Å². The molecule has 1 aromatic carbocycles. The Morgan fingerprint density at radius 1 is 1.05 bits per heavy atom. The summed E-state index contributed by atoms with van der Waals surface area (Å²) in [5.41, 5.74) is 4.33. The summed E-state index contributed by atoms with van der Waals surface area (Å²) in [5, 5.41) is 0. The van der Waals surface area contributed by atoms with Crippen molar-refractivity contribution in [2.45, 2.75) is 58.8 Å². The lowest BCUT2D eigenvalue weighted by Gasteiger charge is -2.26. The second-order valence-electron chi connectivity index (χ2n) is 6.40. The zero-order valence-electron chi connectivity index (χ0n) is 14.2. The molecule has 0 fully saturated rings. The molecule has 114 valence electrons. The van der Waals surface area contributed by atoms with Crippen molar-refractivity contribution in [1.29, 1.82) is 0 Å². The van der Waals surface area contributed by atoms with Crippen LogP contribution in [0.1, 0.15) is 58.9 Å². The average Bonchev–Trinajstić information content (AvgIpc) is 2.47. The van der Waals surface area contributed by atoms with Gasteiger partial charge in [-0.3, -0.25) is 0 Å². The van der Waals surface area contributed by atoms with Crippen molar-refractivity contribution in [1.82, 2.24) is 0 Å². The van der Waals surface area contributed by atoms with E-state index in [-0.39, 0.29) is 5.41 Å². The van der Waals surface area contributed by atoms with E-state index in [0.717, 1.165) is 19.3 Å². The average molecular weight is 282 g/mol. The Hall–Kier alpha value is -1.56. The molecule has 0 aliphatic rings. The lowest BCUT2D eigenvalue weighted by molar-refractivity contribution is 0.546. The van der Waals surface area contributed by atoms with Gasteiger partial charge in [0.1, 0.15) is 0 Å². The van der Waals surface area contributed by atoms with Crippen molar-refractivity contribution in [3.8, 4) is 0 Å². The first-order chi connectivity index (χ1) is 9.98. The van der Waals surface area contributed by atoms with Gasteiger partial charge in [0, 0.05) is 5.41 Å². The fraction of sp³-hybridized carbons (Fsp3) is 0.429. The van der Waals surface area contributed by atoms with E-state index in [1.54, 1.807) is 0 Å². The smallest absolute Gasteiger partial charge is 0.0104 e. The molecule has 0 aliphatic carbocycles. The first-order valence-corrected chi connectivity index (χ1v) is 7.96. The second kappa shape index (κ2) is 8.67. The molecule has 0 heteroatoms. The minimum absolute atomic E-state index is 0.0674. The van der Waals surface area contributed by atoms with Gasteiger partial charge in [0.15, 0.2) is 0 Å². The highest BCUT2D eigenvalue weighted by atomic mass is 14.2. The van der Waals surface area contributed by atoms with E-state index in [1.807, 2.05) is 0 Å². The van der Waals surface area contributed by atoms with E-state index >= 15 is 0 Å². The summed E-state index contributed by atoms with van der Waals surface area (Å²) in [5.74, 6) is 0. The third kappa shape index (κ3) is 6.16. The van der Waals surface area contributed by atoms with E-state index in [4.69, 9.17) is 0 Å². The normalized spacial score (nSPS) is 14.4. The van der Waals surface area contributed by atoms with Crippen LogP contribution >= 0.6 is 0 Å². The van der Waals surface area contributed by atoms with Crippen molar-refractivity contribution in [2.75, 3.05) is 0 Å². The summed E-state index contributed by atoms with van der Waals surface area (Å²) >= 11 is 0. The van der Waals surface area contributed by atoms with E-state index in [2.05, 4.69) is 82.8 Å². The molecule has 0 heterocycles. The van der Waals surface area contributed by atoms with E-state index < -0.39 is 0 Å². The van der Waals surface area contributed by atoms with Crippen LogP contribution in [0.5, 0.6) is 0 Å². The van der Waals surface area contributed by atoms with Gasteiger partial charge in [-0.05, 0) is 52.0 Å². The Balaban J connectivity index is 2.56. The summed E-state index contributed by atoms with van der Waals surface area (Å²) in [6.45, 7) is 12.9. The van der Waals surface area contributed by atoms with Crippen molar-refractivity contribution in [2.24, 2.45) is 0 Å². The molecule has 0 aromatic heterocycles. The summed E-state index contributed by atoms with van der Waals surface area (Å²) in [4.78, 5) is 0. The highest BCUT2D eigenvalue weighted by Gasteiger charge is 2.21. The summed E-state index contributed by atoms with van der Waals surface area (Å²) in [6.07, 6.45) is 11.3. The van der Waals surface area contributed by atoms with E-state index in [9.17, 15) is 0 Å². The highest BCUT2D eigenvalue weighted by molar-refractivity contribution is 5.29. The van der Waals surface area contributed by atoms with Gasteiger partial charge in [0.05, 0.1) is 0 Å². The molecule has 21 heavy (non-hydrogen) atoms. The van der Waals surface area contributed by atoms with Crippen LogP contribution in [-0.4, -0.2) is 0 Å². The Bertz CT molecular complexity index is 486. The van der Waals surface area contributed by atoms with Crippen LogP contribution in [0, 0.1) is 0 Å². The van der Waals surface area contributed by atoms with Crippen LogP contribution < -0.4 is 0 Å². The molecule has 1 atom stereocenters. The SMILES string of the molecule is C=CC(C)(CC/C=C(\C)CCC=C(C)C)c1ccccc1. The van der Waals surface area contributed by atoms with Crippen LogP contribution in [0.2, 0.25) is 0 Å². The number of rotatable bonds is 8. The van der Waals surface area contributed by atoms with Gasteiger partial charge < -0.3 is 0 Å². The molecular weight excluding hydrogens is 252 g/mol. The van der Waals surface area contributed by atoms with Crippen LogP contribution in [0.15, 0.2) is 66.3 Å². The van der Waals surface area contributed by atoms with Crippen LogP contribution in [0.25, 0.3) is 0 Å². The number of hydrogen-bond donors (Lipinski definition) is 0. The predicted octanol–water partition coefficient (Wildman–Crippen LogP) is 6.60. The molecular formula is C21H30. The number of benzene rings is 1. The molecule has 0 bridgehead atoms. The van der Waals surface area contributed by atoms with Crippen LogP contribution in [0.4, 0.5) is 0 Å². The second-order valence-corrected chi connectivity index (χ2v) is 6.40. The van der Waals surface area contributed by atoms with Gasteiger partial charge in [-0.15, -0.1) is 6.58 Å². The third-order valence-electron chi connectivity index (χ3n) is 4.13. The molecule has 1 rings (SSSR count). The number of hydrogen-bond acceptors (Lipinski definition) is 0. The Morgan fingerprint density at radius 2 is 1.71 bits per heavy atom. The molecule has 1 unspecified atom stereocenters. The summed E-state index contributed by atoms with van der Waals surface area (Å²) < 4.78 is 0. The minimum atomic E-state index is 0.0674. The van der Waals surface area contributed by atoms with Crippen molar-refractivity contribution >= 4 is 0 Å². The maximum absolute atomic E-state index is 4.05. The lowest BCUT2D eigenvalue weighted by Crippen LogP contribution is -2.18. The third-order valence-corrected chi connectivity index (χ3v) is 4.13. The van der Waals surface area contributed by atoms with Gasteiger partial charge in [-0.25, -0.2) is 0 Å². The highest BCUT2D eigenvalue weighted by Crippen LogP contribution is 2.30. The molecule has 0 aliphatic heterocycles. The molecule has 0 saturated heterocycles. The standard InChI is InChI=1S/C21H30/c1-6-21(5,20-15-8-7-9-16-20)17-11-14-19(4)13-10-12-18(2)3/h6-9,12,14-16H,1,10-11,13,17H2,2-5H3/b19-14+. The zero-order valence-corrected chi connectivity index (χ0v) is 14.2. The Labute approximate surface area is 131 Å². The first-order valence-electron chi connectivity index (χ1n) is 7.96. The monoisotopic (exact) mass is 282 g/mol. The molecule has 0 radical (unpaired) electrons. The zero-order chi connectivity index (χ0) is 15.7. The van der Waals surface area contributed by atoms with Gasteiger partial charge >= 0.3 is 0 Å². The van der Waals surface area contributed by atoms with Gasteiger partial charge in [0.25, 0.3) is 0 Å². The van der Waals surface area contributed by atoms with Crippen molar-refractivity contribution in [3.05, 3.63) is 71.8 Å². The van der Waals surface area contributed by atoms with Crippen molar-refractivity contribution < 1.29 is 0 Å². The Morgan fingerprint density at radius 3 is 2.29 bits per heavy atom. The predicted molar refractivity (Wildman–Crippen MR) is 95.6 cm³/mol. The maximum Gasteiger partial charge on any atom is 0.0104 e. The van der Waals surface area contributed by atoms with Gasteiger partial charge in [0.2, 0.25) is 0 Å². The Kier molecular flexibility index (Phi) is 7.22. The molecule has 0 saturated carbocycles. The first kappa shape index (κ1) is 17.5. The summed E-state index contributed by atoms with van der Waals surface area (Å²) in [6, 6.07) is 10.7. The summed E-state index contributed by atoms with van der Waals surface area (Å²) in [7, 11) is 0. The van der Waals surface area contributed by atoms with Crippen LogP contribution in [0.3, 0.4) is 0 Å². The molecule has 0 nitrogen and oxygen atoms in total. The molecule has 1 aromatic rings. The molecule has 0 amide bonds. The van der Waals surface area contributed by atoms with Crippen LogP contribution in [-0.2, 0) is 5.41 Å². The maximum atomic E-state index is 4.05. The lowest BCUT2D eigenvalue weighted by atomic mass is 9.78. The molecule has 0 N–H and O–H groups in total. The van der Waals surface area contributed by atoms with E-state index in [0.29, 0.717) is 0 Å². The quantitative estimate of drug-likeness (QED) is 0.471. The van der Waals surface area contributed by atoms with Gasteiger partial charge in [-0.2, -0.15) is 0 Å². The largest absolute Gasteiger partial charge is 0.102 e. The fourth-order valence-corrected chi connectivity index (χ4v) is 2.49. The number of allylic oxidation sites excluding steroid dienone is 5. The fourth-order valence-electron chi connectivity index (χ4n) is 2.49.